The molecule has 0 saturated heterocycles. The fourth-order valence-electron chi connectivity index (χ4n) is 2.02. The molecule has 0 spiro atoms. The number of nitrogens with one attached hydrogen (secondary N) is 2. The molecule has 6 heteroatoms. The predicted molar refractivity (Wildman–Crippen MR) is 86.5 cm³/mol. The minimum Gasteiger partial charge on any atom is -0.507 e. The second-order valence-corrected chi connectivity index (χ2v) is 4.85. The van der Waals surface area contributed by atoms with Gasteiger partial charge in [0.2, 0.25) is 0 Å². The van der Waals surface area contributed by atoms with E-state index in [0.29, 0.717) is 24.2 Å². The van der Waals surface area contributed by atoms with E-state index in [-0.39, 0.29) is 23.8 Å². The number of aromatic hydroxyl groups is 1. The molecule has 0 atom stereocenters. The van der Waals surface area contributed by atoms with Gasteiger partial charge in [0, 0.05) is 13.2 Å². The van der Waals surface area contributed by atoms with Crippen molar-refractivity contribution in [2.75, 3.05) is 18.5 Å². The van der Waals surface area contributed by atoms with Crippen molar-refractivity contribution in [1.29, 1.82) is 0 Å². The van der Waals surface area contributed by atoms with Crippen molar-refractivity contribution < 1.29 is 19.8 Å². The normalized spacial score (nSPS) is 10.1. The van der Waals surface area contributed by atoms with Gasteiger partial charge in [-0.15, -0.1) is 0 Å². The summed E-state index contributed by atoms with van der Waals surface area (Å²) in [6.45, 7) is 0.336. The first kappa shape index (κ1) is 16.5. The molecular formula is C17H18N2O4. The summed E-state index contributed by atoms with van der Waals surface area (Å²) in [4.78, 5) is 24.4. The van der Waals surface area contributed by atoms with Crippen molar-refractivity contribution in [3.63, 3.8) is 0 Å². The van der Waals surface area contributed by atoms with E-state index >= 15 is 0 Å². The highest BCUT2D eigenvalue weighted by molar-refractivity contribution is 6.10. The molecule has 0 unspecified atom stereocenters. The summed E-state index contributed by atoms with van der Waals surface area (Å²) >= 11 is 0. The van der Waals surface area contributed by atoms with Crippen LogP contribution in [0.25, 0.3) is 0 Å². The molecule has 0 aliphatic heterocycles. The van der Waals surface area contributed by atoms with Gasteiger partial charge in [0.1, 0.15) is 5.75 Å². The van der Waals surface area contributed by atoms with Crippen molar-refractivity contribution >= 4 is 17.5 Å². The van der Waals surface area contributed by atoms with E-state index in [1.54, 1.807) is 36.4 Å². The molecule has 0 bridgehead atoms. The number of carbonyl (C=O) groups is 2. The van der Waals surface area contributed by atoms with Crippen LogP contribution in [0.1, 0.15) is 27.1 Å². The number of aliphatic hydroxyl groups is 1. The molecule has 0 aliphatic carbocycles. The Morgan fingerprint density at radius 2 is 1.57 bits per heavy atom. The fourth-order valence-corrected chi connectivity index (χ4v) is 2.02. The molecular weight excluding hydrogens is 296 g/mol. The largest absolute Gasteiger partial charge is 0.507 e. The molecule has 0 saturated carbocycles. The molecule has 2 aromatic carbocycles. The van der Waals surface area contributed by atoms with E-state index in [2.05, 4.69) is 10.6 Å². The summed E-state index contributed by atoms with van der Waals surface area (Å²) in [5, 5.41) is 23.8. The number of phenolic OH excluding ortho intramolecular Hbond substituents is 1. The number of hydrogen-bond donors (Lipinski definition) is 4. The van der Waals surface area contributed by atoms with Crippen molar-refractivity contribution in [2.45, 2.75) is 6.42 Å². The van der Waals surface area contributed by atoms with Crippen molar-refractivity contribution in [1.82, 2.24) is 5.32 Å². The van der Waals surface area contributed by atoms with Gasteiger partial charge in [0.05, 0.1) is 16.8 Å². The average molecular weight is 314 g/mol. The van der Waals surface area contributed by atoms with Crippen molar-refractivity contribution in [3.8, 4) is 5.75 Å². The molecule has 120 valence electrons. The fraction of sp³-hybridized carbons (Fsp3) is 0.176. The summed E-state index contributed by atoms with van der Waals surface area (Å²) in [6, 6.07) is 12.8. The third-order valence-corrected chi connectivity index (χ3v) is 3.19. The Morgan fingerprint density at radius 3 is 2.26 bits per heavy atom. The third kappa shape index (κ3) is 4.31. The summed E-state index contributed by atoms with van der Waals surface area (Å²) in [7, 11) is 0. The number of benzene rings is 2. The lowest BCUT2D eigenvalue weighted by Gasteiger charge is -2.11. The number of hydrogen-bond acceptors (Lipinski definition) is 4. The van der Waals surface area contributed by atoms with Gasteiger partial charge < -0.3 is 20.8 Å². The minimum atomic E-state index is -0.501. The number of rotatable bonds is 6. The summed E-state index contributed by atoms with van der Waals surface area (Å²) in [6.07, 6.45) is 0.457. The number of anilines is 1. The Bertz CT molecular complexity index is 700. The third-order valence-electron chi connectivity index (χ3n) is 3.19. The van der Waals surface area contributed by atoms with E-state index < -0.39 is 5.91 Å². The Morgan fingerprint density at radius 1 is 0.913 bits per heavy atom. The number of carbonyl (C=O) groups excluding carboxylic acids is 2. The van der Waals surface area contributed by atoms with Crippen LogP contribution in [-0.4, -0.2) is 35.2 Å². The SMILES string of the molecule is O=C(Nc1ccccc1C(=O)NCCCO)c1ccccc1O. The number of aliphatic hydroxyl groups excluding tert-OH is 1. The summed E-state index contributed by atoms with van der Waals surface area (Å²) in [5.41, 5.74) is 0.791. The number of amides is 2. The van der Waals surface area contributed by atoms with E-state index in [0.717, 1.165) is 0 Å². The zero-order valence-corrected chi connectivity index (χ0v) is 12.5. The lowest BCUT2D eigenvalue weighted by molar-refractivity contribution is 0.0952. The van der Waals surface area contributed by atoms with Crippen LogP contribution in [0.4, 0.5) is 5.69 Å². The molecule has 0 heterocycles. The average Bonchev–Trinajstić information content (AvgIpc) is 2.55. The molecule has 0 aromatic heterocycles. The molecule has 0 radical (unpaired) electrons. The maximum Gasteiger partial charge on any atom is 0.259 e. The Labute approximate surface area is 133 Å². The highest BCUT2D eigenvalue weighted by atomic mass is 16.3. The molecule has 2 amide bonds. The maximum absolute atomic E-state index is 12.2. The smallest absolute Gasteiger partial charge is 0.259 e. The minimum absolute atomic E-state index is 0.00799. The van der Waals surface area contributed by atoms with Gasteiger partial charge in [0.25, 0.3) is 11.8 Å². The lowest BCUT2D eigenvalue weighted by Crippen LogP contribution is -2.26. The van der Waals surface area contributed by atoms with Crippen LogP contribution < -0.4 is 10.6 Å². The topological polar surface area (TPSA) is 98.7 Å². The first-order valence-electron chi connectivity index (χ1n) is 7.21. The zero-order valence-electron chi connectivity index (χ0n) is 12.5. The van der Waals surface area contributed by atoms with E-state index in [1.807, 2.05) is 0 Å². The van der Waals surface area contributed by atoms with Crippen LogP contribution in [0.3, 0.4) is 0 Å². The Balaban J connectivity index is 2.16. The molecule has 0 fully saturated rings. The zero-order chi connectivity index (χ0) is 16.7. The van der Waals surface area contributed by atoms with Crippen LogP contribution in [0, 0.1) is 0 Å². The first-order valence-corrected chi connectivity index (χ1v) is 7.21. The highest BCUT2D eigenvalue weighted by Gasteiger charge is 2.15. The molecule has 6 nitrogen and oxygen atoms in total. The monoisotopic (exact) mass is 314 g/mol. The van der Waals surface area contributed by atoms with Crippen LogP contribution >= 0.6 is 0 Å². The maximum atomic E-state index is 12.2. The van der Waals surface area contributed by atoms with Crippen LogP contribution in [-0.2, 0) is 0 Å². The van der Waals surface area contributed by atoms with Gasteiger partial charge in [-0.05, 0) is 30.7 Å². The first-order chi connectivity index (χ1) is 11.1. The standard InChI is InChI=1S/C17H18N2O4/c20-11-5-10-18-16(22)12-6-1-3-8-14(12)19-17(23)13-7-2-4-9-15(13)21/h1-4,6-9,20-21H,5,10-11H2,(H,18,22)(H,19,23). The quantitative estimate of drug-likeness (QED) is 0.611. The van der Waals surface area contributed by atoms with Crippen LogP contribution in [0.5, 0.6) is 5.75 Å². The van der Waals surface area contributed by atoms with Gasteiger partial charge in [-0.3, -0.25) is 9.59 Å². The van der Waals surface area contributed by atoms with E-state index in [4.69, 9.17) is 5.11 Å². The Hall–Kier alpha value is -2.86. The molecule has 23 heavy (non-hydrogen) atoms. The predicted octanol–water partition coefficient (Wildman–Crippen LogP) is 1.76. The van der Waals surface area contributed by atoms with Gasteiger partial charge in [-0.25, -0.2) is 0 Å². The second-order valence-electron chi connectivity index (χ2n) is 4.85. The highest BCUT2D eigenvalue weighted by Crippen LogP contribution is 2.20. The summed E-state index contributed by atoms with van der Waals surface area (Å²) in [5.74, 6) is -0.972. The lowest BCUT2D eigenvalue weighted by atomic mass is 10.1. The molecule has 2 rings (SSSR count). The Kier molecular flexibility index (Phi) is 5.71. The van der Waals surface area contributed by atoms with E-state index in [9.17, 15) is 14.7 Å². The summed E-state index contributed by atoms with van der Waals surface area (Å²) < 4.78 is 0. The van der Waals surface area contributed by atoms with Crippen molar-refractivity contribution in [3.05, 3.63) is 59.7 Å². The molecule has 4 N–H and O–H groups in total. The van der Waals surface area contributed by atoms with Gasteiger partial charge in [0.15, 0.2) is 0 Å². The van der Waals surface area contributed by atoms with Gasteiger partial charge >= 0.3 is 0 Å². The van der Waals surface area contributed by atoms with Gasteiger partial charge in [-0.1, -0.05) is 24.3 Å². The molecule has 2 aromatic rings. The van der Waals surface area contributed by atoms with E-state index in [1.165, 1.54) is 12.1 Å². The van der Waals surface area contributed by atoms with Crippen LogP contribution in [0.2, 0.25) is 0 Å². The molecule has 0 aliphatic rings. The van der Waals surface area contributed by atoms with Crippen LogP contribution in [0.15, 0.2) is 48.5 Å². The number of para-hydroxylation sites is 2. The number of phenols is 1. The van der Waals surface area contributed by atoms with Crippen molar-refractivity contribution in [2.24, 2.45) is 0 Å². The van der Waals surface area contributed by atoms with Gasteiger partial charge in [-0.2, -0.15) is 0 Å². The second kappa shape index (κ2) is 7.95.